The average molecular weight is 218 g/mol. The van der Waals surface area contributed by atoms with E-state index in [4.69, 9.17) is 0 Å². The van der Waals surface area contributed by atoms with Gasteiger partial charge in [0.25, 0.3) is 0 Å². The number of hydrogen-bond acceptors (Lipinski definition) is 8. The maximum Gasteiger partial charge on any atom is 0.0470 e. The molecule has 0 aliphatic heterocycles. The van der Waals surface area contributed by atoms with E-state index < -0.39 is 43.1 Å². The monoisotopic (exact) mass is 218 g/mol. The predicted octanol–water partition coefficient (Wildman–Crippen LogP) is -5.86. The Morgan fingerprint density at radius 2 is 0.867 bits per heavy atom. The van der Waals surface area contributed by atoms with Crippen LogP contribution in [-0.2, 0) is 19.2 Å². The van der Waals surface area contributed by atoms with Crippen molar-refractivity contribution in [1.29, 1.82) is 0 Å². The summed E-state index contributed by atoms with van der Waals surface area (Å²) < 4.78 is 0. The Morgan fingerprint density at radius 3 is 0.933 bits per heavy atom. The molecule has 0 aliphatic carbocycles. The summed E-state index contributed by atoms with van der Waals surface area (Å²) in [5, 5.41) is 37.6. The fraction of sp³-hybridized carbons (Fsp3) is 0.429. The minimum atomic E-state index is -1.63. The Hall–Kier alpha value is -2.12. The van der Waals surface area contributed by atoms with Gasteiger partial charge in [0, 0.05) is 30.3 Å². The van der Waals surface area contributed by atoms with Gasteiger partial charge in [-0.05, 0) is 12.8 Å². The lowest BCUT2D eigenvalue weighted by Gasteiger charge is -2.00. The molecule has 0 saturated heterocycles. The van der Waals surface area contributed by atoms with Gasteiger partial charge in [-0.15, -0.1) is 0 Å². The molecule has 8 nitrogen and oxygen atoms in total. The smallest absolute Gasteiger partial charge is 0.0470 e. The molecule has 0 aromatic heterocycles. The molecule has 0 aromatic carbocycles. The summed E-state index contributed by atoms with van der Waals surface area (Å²) in [6.45, 7) is 0. The first-order valence-corrected chi connectivity index (χ1v) is 3.55. The van der Waals surface area contributed by atoms with E-state index in [-0.39, 0.29) is 0 Å². The van der Waals surface area contributed by atoms with Gasteiger partial charge in [0.2, 0.25) is 0 Å². The normalized spacial score (nSPS) is 8.27. The summed E-state index contributed by atoms with van der Waals surface area (Å²) in [4.78, 5) is 37.6. The van der Waals surface area contributed by atoms with Crippen LogP contribution in [0.2, 0.25) is 0 Å². The minimum Gasteiger partial charge on any atom is -0.550 e. The molecule has 0 radical (unpaired) electrons. The SMILES string of the molecule is O=C([O-])CC(=O)[O-].O=C([O-])CCC(=O)[O-]. The quantitative estimate of drug-likeness (QED) is 0.412. The Labute approximate surface area is 83.8 Å². The Morgan fingerprint density at radius 1 is 0.600 bits per heavy atom. The second kappa shape index (κ2) is 8.48. The van der Waals surface area contributed by atoms with Gasteiger partial charge in [-0.25, -0.2) is 0 Å². The van der Waals surface area contributed by atoms with Crippen LogP contribution in [0.15, 0.2) is 0 Å². The first-order valence-electron chi connectivity index (χ1n) is 3.55. The lowest BCUT2D eigenvalue weighted by atomic mass is 10.3. The van der Waals surface area contributed by atoms with Crippen LogP contribution in [0.4, 0.5) is 0 Å². The van der Waals surface area contributed by atoms with Crippen LogP contribution in [0.1, 0.15) is 19.3 Å². The maximum absolute atomic E-state index is 9.50. The van der Waals surface area contributed by atoms with E-state index in [1.54, 1.807) is 0 Å². The van der Waals surface area contributed by atoms with Gasteiger partial charge >= 0.3 is 0 Å². The summed E-state index contributed by atoms with van der Waals surface area (Å²) in [5.74, 6) is -5.98. The van der Waals surface area contributed by atoms with E-state index in [0.29, 0.717) is 0 Å². The van der Waals surface area contributed by atoms with Gasteiger partial charge in [-0.1, -0.05) is 0 Å². The summed E-state index contributed by atoms with van der Waals surface area (Å²) in [7, 11) is 0. The molecule has 0 saturated carbocycles. The molecule has 86 valence electrons. The van der Waals surface area contributed by atoms with Gasteiger partial charge in [-0.2, -0.15) is 0 Å². The van der Waals surface area contributed by atoms with E-state index in [9.17, 15) is 39.6 Å². The first-order chi connectivity index (χ1) is 6.75. The van der Waals surface area contributed by atoms with E-state index in [1.165, 1.54) is 0 Å². The maximum atomic E-state index is 9.50. The second-order valence-electron chi connectivity index (χ2n) is 2.16. The molecule has 0 aromatic rings. The molecule has 15 heavy (non-hydrogen) atoms. The summed E-state index contributed by atoms with van der Waals surface area (Å²) in [6, 6.07) is 0. The molecule has 0 unspecified atom stereocenters. The van der Waals surface area contributed by atoms with Crippen molar-refractivity contribution in [2.75, 3.05) is 0 Å². The van der Waals surface area contributed by atoms with Gasteiger partial charge < -0.3 is 39.6 Å². The van der Waals surface area contributed by atoms with Gasteiger partial charge in [0.15, 0.2) is 0 Å². The first kappa shape index (κ1) is 15.4. The molecule has 0 amide bonds. The van der Waals surface area contributed by atoms with Gasteiger partial charge in [-0.3, -0.25) is 0 Å². The molecule has 0 aliphatic rings. The van der Waals surface area contributed by atoms with Gasteiger partial charge in [0.1, 0.15) is 0 Å². The highest BCUT2D eigenvalue weighted by Gasteiger charge is 1.85. The van der Waals surface area contributed by atoms with Crippen molar-refractivity contribution in [2.45, 2.75) is 19.3 Å². The van der Waals surface area contributed by atoms with E-state index >= 15 is 0 Å². The molecule has 0 rings (SSSR count). The topological polar surface area (TPSA) is 161 Å². The van der Waals surface area contributed by atoms with E-state index in [0.717, 1.165) is 0 Å². The zero-order chi connectivity index (χ0) is 12.4. The standard InChI is InChI=1S/C4H6O4.C3H4O4/c5-3(6)1-2-4(7)8;4-2(5)1-3(6)7/h1-2H2,(H,5,6)(H,7,8);1H2,(H,4,5)(H,6,7)/p-4. The zero-order valence-corrected chi connectivity index (χ0v) is 7.39. The predicted molar refractivity (Wildman–Crippen MR) is 33.9 cm³/mol. The van der Waals surface area contributed by atoms with Crippen LogP contribution in [-0.4, -0.2) is 23.9 Å². The number of carbonyl (C=O) groups is 4. The number of hydrogen-bond donors (Lipinski definition) is 0. The summed E-state index contributed by atoms with van der Waals surface area (Å²) in [6.07, 6.45) is -1.97. The number of aliphatic carboxylic acids is 4. The van der Waals surface area contributed by atoms with Crippen LogP contribution >= 0.6 is 0 Å². The fourth-order valence-electron chi connectivity index (χ4n) is 0.322. The third kappa shape index (κ3) is 24.5. The summed E-state index contributed by atoms with van der Waals surface area (Å²) in [5.41, 5.74) is 0. The van der Waals surface area contributed by atoms with Crippen molar-refractivity contribution in [1.82, 2.24) is 0 Å². The van der Waals surface area contributed by atoms with Crippen molar-refractivity contribution in [3.8, 4) is 0 Å². The van der Waals surface area contributed by atoms with Crippen molar-refractivity contribution < 1.29 is 39.6 Å². The molecular formula is C7H6O8-4. The van der Waals surface area contributed by atoms with Gasteiger partial charge in [0.05, 0.1) is 0 Å². The van der Waals surface area contributed by atoms with Crippen molar-refractivity contribution in [2.24, 2.45) is 0 Å². The molecule has 0 fully saturated rings. The van der Waals surface area contributed by atoms with Crippen LogP contribution in [0.5, 0.6) is 0 Å². The fourth-order valence-corrected chi connectivity index (χ4v) is 0.322. The number of carboxylic acid groups (broad SMARTS) is 4. The third-order valence-corrected chi connectivity index (χ3v) is 0.822. The Bertz CT molecular complexity index is 230. The molecule has 0 N–H and O–H groups in total. The van der Waals surface area contributed by atoms with E-state index in [2.05, 4.69) is 0 Å². The summed E-state index contributed by atoms with van der Waals surface area (Å²) >= 11 is 0. The molecular weight excluding hydrogens is 212 g/mol. The highest BCUT2D eigenvalue weighted by molar-refractivity contribution is 5.86. The van der Waals surface area contributed by atoms with Crippen molar-refractivity contribution in [3.63, 3.8) is 0 Å². The zero-order valence-electron chi connectivity index (χ0n) is 7.39. The lowest BCUT2D eigenvalue weighted by Crippen LogP contribution is -2.32. The molecule has 0 spiro atoms. The molecule has 0 atom stereocenters. The van der Waals surface area contributed by atoms with Crippen LogP contribution < -0.4 is 20.4 Å². The van der Waals surface area contributed by atoms with Crippen molar-refractivity contribution in [3.05, 3.63) is 0 Å². The minimum absolute atomic E-state index is 0.470. The third-order valence-electron chi connectivity index (χ3n) is 0.822. The Balaban J connectivity index is 0. The highest BCUT2D eigenvalue weighted by Crippen LogP contribution is 1.81. The average Bonchev–Trinajstić information content (AvgIpc) is 1.99. The Kier molecular flexibility index (Phi) is 8.68. The number of rotatable bonds is 5. The van der Waals surface area contributed by atoms with Crippen LogP contribution in [0.3, 0.4) is 0 Å². The number of carbonyl (C=O) groups excluding carboxylic acids is 4. The number of carboxylic acids is 4. The molecule has 8 heteroatoms. The van der Waals surface area contributed by atoms with Crippen LogP contribution in [0.25, 0.3) is 0 Å². The second-order valence-corrected chi connectivity index (χ2v) is 2.16. The largest absolute Gasteiger partial charge is 0.550 e. The lowest BCUT2D eigenvalue weighted by molar-refractivity contribution is -0.322. The van der Waals surface area contributed by atoms with Crippen molar-refractivity contribution >= 4 is 23.9 Å². The molecule has 0 heterocycles. The van der Waals surface area contributed by atoms with E-state index in [1.807, 2.05) is 0 Å². The molecule has 0 bridgehead atoms. The van der Waals surface area contributed by atoms with Crippen LogP contribution in [0, 0.1) is 0 Å². The highest BCUT2D eigenvalue weighted by atomic mass is 16.4.